The lowest BCUT2D eigenvalue weighted by molar-refractivity contribution is 0.786. The predicted molar refractivity (Wildman–Crippen MR) is 82.5 cm³/mol. The van der Waals surface area contributed by atoms with Gasteiger partial charge in [0.25, 0.3) is 0 Å². The molecular formula is C14H15BrClN3. The van der Waals surface area contributed by atoms with Crippen LogP contribution in [-0.2, 0) is 6.42 Å². The number of anilines is 1. The maximum atomic E-state index is 6.15. The highest BCUT2D eigenvalue weighted by atomic mass is 79.9. The number of nitrogen functional groups attached to an aromatic ring is 1. The van der Waals surface area contributed by atoms with Gasteiger partial charge in [0, 0.05) is 11.4 Å². The van der Waals surface area contributed by atoms with Gasteiger partial charge in [0.15, 0.2) is 0 Å². The van der Waals surface area contributed by atoms with E-state index in [1.165, 1.54) is 0 Å². The van der Waals surface area contributed by atoms with E-state index in [9.17, 15) is 0 Å². The third-order valence-electron chi connectivity index (χ3n) is 2.80. The van der Waals surface area contributed by atoms with E-state index in [0.717, 1.165) is 20.8 Å². The second kappa shape index (κ2) is 5.88. The molecule has 0 amide bonds. The zero-order chi connectivity index (χ0) is 14.0. The lowest BCUT2D eigenvalue weighted by Gasteiger charge is -2.12. The van der Waals surface area contributed by atoms with E-state index < -0.39 is 0 Å². The molecule has 19 heavy (non-hydrogen) atoms. The summed E-state index contributed by atoms with van der Waals surface area (Å²) in [6.07, 6.45) is 0.580. The fraction of sp³-hybridized carbons (Fsp3) is 0.286. The van der Waals surface area contributed by atoms with Crippen molar-refractivity contribution in [3.63, 3.8) is 0 Å². The standard InChI is InChI=1S/C14H15BrClN3/c1-8(2)13-12(15)14(17)19-11(18-13)7-9-5-3-4-6-10(9)16/h3-6,8H,7H2,1-2H3,(H2,17,18,19). The number of hydrogen-bond donors (Lipinski definition) is 1. The smallest absolute Gasteiger partial charge is 0.141 e. The first-order valence-corrected chi connectivity index (χ1v) is 7.21. The molecule has 1 aromatic heterocycles. The molecule has 1 aromatic carbocycles. The van der Waals surface area contributed by atoms with E-state index >= 15 is 0 Å². The number of nitrogens with zero attached hydrogens (tertiary/aromatic N) is 2. The first-order valence-electron chi connectivity index (χ1n) is 6.04. The van der Waals surface area contributed by atoms with Gasteiger partial charge in [-0.05, 0) is 33.5 Å². The Hall–Kier alpha value is -1.13. The summed E-state index contributed by atoms with van der Waals surface area (Å²) in [5.41, 5.74) is 7.85. The van der Waals surface area contributed by atoms with E-state index in [-0.39, 0.29) is 5.92 Å². The molecule has 2 rings (SSSR count). The number of benzene rings is 1. The molecular weight excluding hydrogens is 326 g/mol. The molecule has 0 atom stereocenters. The van der Waals surface area contributed by atoms with Crippen LogP contribution in [-0.4, -0.2) is 9.97 Å². The van der Waals surface area contributed by atoms with Crippen LogP contribution in [0.1, 0.15) is 36.8 Å². The molecule has 0 fully saturated rings. The zero-order valence-electron chi connectivity index (χ0n) is 10.8. The fourth-order valence-electron chi connectivity index (χ4n) is 1.81. The van der Waals surface area contributed by atoms with Crippen LogP contribution >= 0.6 is 27.5 Å². The van der Waals surface area contributed by atoms with Crippen molar-refractivity contribution in [1.82, 2.24) is 9.97 Å². The third kappa shape index (κ3) is 3.25. The van der Waals surface area contributed by atoms with Crippen LogP contribution in [0.25, 0.3) is 0 Å². The van der Waals surface area contributed by atoms with Gasteiger partial charge in [0.2, 0.25) is 0 Å². The highest BCUT2D eigenvalue weighted by molar-refractivity contribution is 9.10. The first kappa shape index (κ1) is 14.3. The maximum absolute atomic E-state index is 6.15. The lowest BCUT2D eigenvalue weighted by atomic mass is 10.1. The molecule has 0 spiro atoms. The monoisotopic (exact) mass is 339 g/mol. The Bertz CT molecular complexity index is 599. The third-order valence-corrected chi connectivity index (χ3v) is 3.98. The van der Waals surface area contributed by atoms with Crippen LogP contribution < -0.4 is 5.73 Å². The van der Waals surface area contributed by atoms with Gasteiger partial charge in [-0.1, -0.05) is 43.6 Å². The average Bonchev–Trinajstić information content (AvgIpc) is 2.36. The molecule has 0 aliphatic rings. The molecule has 2 aromatic rings. The van der Waals surface area contributed by atoms with Crippen molar-refractivity contribution >= 4 is 33.3 Å². The number of halogens is 2. The first-order chi connectivity index (χ1) is 8.99. The molecule has 0 radical (unpaired) electrons. The minimum absolute atomic E-state index is 0.282. The van der Waals surface area contributed by atoms with Gasteiger partial charge in [0.05, 0.1) is 10.2 Å². The van der Waals surface area contributed by atoms with Crippen molar-refractivity contribution in [3.05, 3.63) is 50.8 Å². The van der Waals surface area contributed by atoms with E-state index in [1.807, 2.05) is 24.3 Å². The molecule has 0 aliphatic carbocycles. The van der Waals surface area contributed by atoms with Crippen molar-refractivity contribution in [3.8, 4) is 0 Å². The van der Waals surface area contributed by atoms with Crippen LogP contribution in [0.2, 0.25) is 5.02 Å². The van der Waals surface area contributed by atoms with E-state index in [2.05, 4.69) is 39.7 Å². The normalized spacial score (nSPS) is 11.0. The Morgan fingerprint density at radius 1 is 1.26 bits per heavy atom. The zero-order valence-corrected chi connectivity index (χ0v) is 13.2. The predicted octanol–water partition coefficient (Wildman–Crippen LogP) is 4.19. The molecule has 1 heterocycles. The Morgan fingerprint density at radius 3 is 2.58 bits per heavy atom. The summed E-state index contributed by atoms with van der Waals surface area (Å²) in [6, 6.07) is 7.69. The molecule has 0 bridgehead atoms. The molecule has 3 nitrogen and oxygen atoms in total. The summed E-state index contributed by atoms with van der Waals surface area (Å²) in [7, 11) is 0. The number of hydrogen-bond acceptors (Lipinski definition) is 3. The van der Waals surface area contributed by atoms with Crippen LogP contribution in [0.15, 0.2) is 28.7 Å². The van der Waals surface area contributed by atoms with E-state index in [0.29, 0.717) is 18.1 Å². The fourth-order valence-corrected chi connectivity index (χ4v) is 2.64. The molecule has 2 N–H and O–H groups in total. The summed E-state index contributed by atoms with van der Waals surface area (Å²) >= 11 is 9.59. The van der Waals surface area contributed by atoms with Crippen LogP contribution in [0, 0.1) is 0 Å². The molecule has 100 valence electrons. The SMILES string of the molecule is CC(C)c1nc(Cc2ccccc2Cl)nc(N)c1Br. The van der Waals surface area contributed by atoms with Gasteiger partial charge in [-0.3, -0.25) is 0 Å². The molecule has 0 aliphatic heterocycles. The van der Waals surface area contributed by atoms with Crippen molar-refractivity contribution in [2.24, 2.45) is 0 Å². The summed E-state index contributed by atoms with van der Waals surface area (Å²) in [5, 5.41) is 0.721. The second-order valence-electron chi connectivity index (χ2n) is 4.65. The van der Waals surface area contributed by atoms with E-state index in [4.69, 9.17) is 17.3 Å². The van der Waals surface area contributed by atoms with Crippen LogP contribution in [0.5, 0.6) is 0 Å². The number of aromatic nitrogens is 2. The number of nitrogens with two attached hydrogens (primary N) is 1. The summed E-state index contributed by atoms with van der Waals surface area (Å²) in [4.78, 5) is 8.89. The Morgan fingerprint density at radius 2 is 1.95 bits per heavy atom. The molecule has 0 unspecified atom stereocenters. The van der Waals surface area contributed by atoms with Crippen molar-refractivity contribution < 1.29 is 0 Å². The van der Waals surface area contributed by atoms with E-state index in [1.54, 1.807) is 0 Å². The lowest BCUT2D eigenvalue weighted by Crippen LogP contribution is -2.07. The highest BCUT2D eigenvalue weighted by Crippen LogP contribution is 2.28. The van der Waals surface area contributed by atoms with Gasteiger partial charge in [-0.2, -0.15) is 0 Å². The quantitative estimate of drug-likeness (QED) is 0.911. The summed E-state index contributed by atoms with van der Waals surface area (Å²) in [5.74, 6) is 1.45. The average molecular weight is 341 g/mol. The Kier molecular flexibility index (Phi) is 4.42. The maximum Gasteiger partial charge on any atom is 0.141 e. The van der Waals surface area contributed by atoms with Crippen LogP contribution in [0.4, 0.5) is 5.82 Å². The van der Waals surface area contributed by atoms with Gasteiger partial charge in [-0.15, -0.1) is 0 Å². The molecule has 0 saturated heterocycles. The Labute approximate surface area is 126 Å². The van der Waals surface area contributed by atoms with Gasteiger partial charge < -0.3 is 5.73 Å². The minimum atomic E-state index is 0.282. The van der Waals surface area contributed by atoms with Crippen molar-refractivity contribution in [1.29, 1.82) is 0 Å². The Balaban J connectivity index is 2.39. The molecule has 5 heteroatoms. The topological polar surface area (TPSA) is 51.8 Å². The summed E-state index contributed by atoms with van der Waals surface area (Å²) < 4.78 is 0.783. The van der Waals surface area contributed by atoms with Crippen molar-refractivity contribution in [2.45, 2.75) is 26.2 Å². The minimum Gasteiger partial charge on any atom is -0.383 e. The second-order valence-corrected chi connectivity index (χ2v) is 5.85. The largest absolute Gasteiger partial charge is 0.383 e. The van der Waals surface area contributed by atoms with Crippen LogP contribution in [0.3, 0.4) is 0 Å². The molecule has 0 saturated carbocycles. The number of rotatable bonds is 3. The van der Waals surface area contributed by atoms with Gasteiger partial charge >= 0.3 is 0 Å². The van der Waals surface area contributed by atoms with Gasteiger partial charge in [-0.25, -0.2) is 9.97 Å². The summed E-state index contributed by atoms with van der Waals surface area (Å²) in [6.45, 7) is 4.15. The highest BCUT2D eigenvalue weighted by Gasteiger charge is 2.14. The van der Waals surface area contributed by atoms with Crippen molar-refractivity contribution in [2.75, 3.05) is 5.73 Å². The van der Waals surface area contributed by atoms with Gasteiger partial charge in [0.1, 0.15) is 11.6 Å².